The average Bonchev–Trinajstić information content (AvgIpc) is 3.83. The van der Waals surface area contributed by atoms with Crippen LogP contribution in [0.2, 0.25) is 0 Å². The van der Waals surface area contributed by atoms with Crippen LogP contribution in [0.25, 0.3) is 77.1 Å². The molecule has 1 aliphatic heterocycles. The van der Waals surface area contributed by atoms with E-state index >= 15 is 0 Å². The first-order valence-corrected chi connectivity index (χ1v) is 19.0. The van der Waals surface area contributed by atoms with Crippen molar-refractivity contribution < 1.29 is 0 Å². The third kappa shape index (κ3) is 4.02. The van der Waals surface area contributed by atoms with Gasteiger partial charge in [-0.2, -0.15) is 0 Å². The van der Waals surface area contributed by atoms with E-state index in [0.29, 0.717) is 0 Å². The molecule has 0 bridgehead atoms. The highest BCUT2D eigenvalue weighted by Crippen LogP contribution is 2.55. The Balaban J connectivity index is 1.32. The summed E-state index contributed by atoms with van der Waals surface area (Å²) < 4.78 is 4.91. The van der Waals surface area contributed by atoms with Crippen LogP contribution in [0.1, 0.15) is 22.3 Å². The quantitative estimate of drug-likeness (QED) is 0.168. The molecule has 3 heteroatoms. The number of hydrogen-bond donors (Lipinski definition) is 0. The van der Waals surface area contributed by atoms with Crippen LogP contribution in [-0.2, 0) is 5.41 Å². The number of rotatable bonds is 4. The summed E-state index contributed by atoms with van der Waals surface area (Å²) in [5.41, 5.74) is 12.3. The lowest BCUT2D eigenvalue weighted by Crippen LogP contribution is -2.35. The fraction of sp³-hybridized carbons (Fsp3) is 0.0192. The predicted molar refractivity (Wildman–Crippen MR) is 228 cm³/mol. The van der Waals surface area contributed by atoms with Gasteiger partial charge in [0.15, 0.2) is 0 Å². The molecule has 0 N–H and O–H groups in total. The number of imidazole rings is 1. The van der Waals surface area contributed by atoms with E-state index < -0.39 is 5.41 Å². The molecule has 0 saturated carbocycles. The minimum absolute atomic E-state index is 0.610. The maximum Gasteiger partial charge on any atom is 0.145 e. The van der Waals surface area contributed by atoms with Gasteiger partial charge in [0.25, 0.3) is 0 Å². The number of aromatic nitrogens is 3. The second-order valence-corrected chi connectivity index (χ2v) is 14.7. The van der Waals surface area contributed by atoms with Gasteiger partial charge in [-0.05, 0) is 69.4 Å². The number of hydrogen-bond acceptors (Lipinski definition) is 1. The van der Waals surface area contributed by atoms with Crippen LogP contribution in [0.4, 0.5) is 0 Å². The molecule has 0 saturated heterocycles. The molecule has 256 valence electrons. The number of para-hydroxylation sites is 3. The van der Waals surface area contributed by atoms with Gasteiger partial charge in [-0.15, -0.1) is 0 Å². The van der Waals surface area contributed by atoms with Crippen molar-refractivity contribution in [1.29, 1.82) is 0 Å². The second-order valence-electron chi connectivity index (χ2n) is 14.7. The van der Waals surface area contributed by atoms with E-state index in [0.717, 1.165) is 33.5 Å². The summed E-state index contributed by atoms with van der Waals surface area (Å²) in [6.45, 7) is 0. The minimum Gasteiger partial charge on any atom is -0.309 e. The lowest BCUT2D eigenvalue weighted by Gasteiger charge is -2.42. The molecule has 0 radical (unpaired) electrons. The Labute approximate surface area is 318 Å². The fourth-order valence-corrected chi connectivity index (χ4v) is 9.79. The highest BCUT2D eigenvalue weighted by Gasteiger charge is 2.45. The van der Waals surface area contributed by atoms with E-state index in [1.807, 2.05) is 0 Å². The van der Waals surface area contributed by atoms with Gasteiger partial charge in [-0.3, -0.25) is 4.57 Å². The van der Waals surface area contributed by atoms with Crippen molar-refractivity contribution in [1.82, 2.24) is 14.1 Å². The SMILES string of the molecule is c1ccc(-n2c(-c3cc4c5c(c3)c3ccccc3n5-c3ccccc3C4(c3ccccc3)c3ccccc3)nc3c4ccccc4c4ccccc4c32)cc1. The number of nitrogens with zero attached hydrogens (tertiary/aromatic N) is 3. The topological polar surface area (TPSA) is 22.8 Å². The zero-order valence-corrected chi connectivity index (χ0v) is 29.9. The van der Waals surface area contributed by atoms with Crippen LogP contribution < -0.4 is 0 Å². The predicted octanol–water partition coefficient (Wildman–Crippen LogP) is 12.8. The lowest BCUT2D eigenvalue weighted by atomic mass is 9.63. The third-order valence-electron chi connectivity index (χ3n) is 11.9. The molecule has 0 fully saturated rings. The summed E-state index contributed by atoms with van der Waals surface area (Å²) in [4.78, 5) is 5.72. The molecular weight excluding hydrogens is 667 g/mol. The van der Waals surface area contributed by atoms with Crippen LogP contribution in [0.5, 0.6) is 0 Å². The lowest BCUT2D eigenvalue weighted by molar-refractivity contribution is 0.728. The first-order valence-electron chi connectivity index (χ1n) is 19.0. The Morgan fingerprint density at radius 1 is 0.382 bits per heavy atom. The molecule has 2 aromatic heterocycles. The molecule has 55 heavy (non-hydrogen) atoms. The standard InChI is InChI=1S/C52H33N3/c1-4-18-35(19-5-1)52(36-20-6-2-7-21-36)44-29-15-17-31-47(44)55-46-30-16-14-26-40(46)43-32-34(33-45(52)49(43)55)51-53-48-41-27-12-10-24-38(41)39-25-11-13-28-42(39)50(48)54(51)37-22-8-3-9-23-37/h1-33H. The van der Waals surface area contributed by atoms with E-state index in [2.05, 4.69) is 209 Å². The Morgan fingerprint density at radius 2 is 0.927 bits per heavy atom. The Kier molecular flexibility index (Phi) is 6.26. The van der Waals surface area contributed by atoms with Crippen molar-refractivity contribution in [3.63, 3.8) is 0 Å². The zero-order chi connectivity index (χ0) is 36.1. The van der Waals surface area contributed by atoms with E-state index in [4.69, 9.17) is 4.98 Å². The van der Waals surface area contributed by atoms with Gasteiger partial charge >= 0.3 is 0 Å². The molecule has 3 nitrogen and oxygen atoms in total. The number of fused-ring (bicyclic) bond motifs is 11. The molecule has 0 aliphatic carbocycles. The average molecular weight is 700 g/mol. The molecule has 0 atom stereocenters. The molecule has 3 heterocycles. The van der Waals surface area contributed by atoms with Gasteiger partial charge in [-0.25, -0.2) is 4.98 Å². The van der Waals surface area contributed by atoms with Crippen LogP contribution in [0.15, 0.2) is 200 Å². The molecule has 0 spiro atoms. The summed E-state index contributed by atoms with van der Waals surface area (Å²) in [6.07, 6.45) is 0. The van der Waals surface area contributed by atoms with Crippen molar-refractivity contribution in [3.05, 3.63) is 222 Å². The van der Waals surface area contributed by atoms with Crippen LogP contribution in [0, 0.1) is 0 Å². The Hall–Kier alpha value is -7.23. The summed E-state index contributed by atoms with van der Waals surface area (Å²) in [6, 6.07) is 73.2. The van der Waals surface area contributed by atoms with Gasteiger partial charge in [0.2, 0.25) is 0 Å². The molecule has 9 aromatic carbocycles. The van der Waals surface area contributed by atoms with Crippen molar-refractivity contribution in [2.75, 3.05) is 0 Å². The van der Waals surface area contributed by atoms with Crippen LogP contribution in [-0.4, -0.2) is 14.1 Å². The maximum atomic E-state index is 5.72. The molecule has 11 aromatic rings. The molecule has 0 unspecified atom stereocenters. The van der Waals surface area contributed by atoms with Crippen LogP contribution in [0.3, 0.4) is 0 Å². The van der Waals surface area contributed by atoms with Gasteiger partial charge in [0.1, 0.15) is 5.82 Å². The van der Waals surface area contributed by atoms with Gasteiger partial charge in [0, 0.05) is 32.8 Å². The summed E-state index contributed by atoms with van der Waals surface area (Å²) in [7, 11) is 0. The van der Waals surface area contributed by atoms with E-state index in [-0.39, 0.29) is 0 Å². The first-order chi connectivity index (χ1) is 27.3. The summed E-state index contributed by atoms with van der Waals surface area (Å²) in [5, 5.41) is 7.23. The monoisotopic (exact) mass is 699 g/mol. The summed E-state index contributed by atoms with van der Waals surface area (Å²) in [5.74, 6) is 0.923. The minimum atomic E-state index is -0.610. The Morgan fingerprint density at radius 3 is 1.64 bits per heavy atom. The molecule has 0 amide bonds. The molecule has 1 aliphatic rings. The smallest absolute Gasteiger partial charge is 0.145 e. The maximum absolute atomic E-state index is 5.72. The first kappa shape index (κ1) is 30.3. The Bertz CT molecular complexity index is 3260. The molecule has 12 rings (SSSR count). The van der Waals surface area contributed by atoms with Crippen molar-refractivity contribution in [2.24, 2.45) is 0 Å². The third-order valence-corrected chi connectivity index (χ3v) is 11.9. The largest absolute Gasteiger partial charge is 0.309 e. The second kappa shape index (κ2) is 11.4. The van der Waals surface area contributed by atoms with Crippen molar-refractivity contribution in [3.8, 4) is 22.8 Å². The van der Waals surface area contributed by atoms with E-state index in [1.165, 1.54) is 65.9 Å². The van der Waals surface area contributed by atoms with Gasteiger partial charge in [-0.1, -0.05) is 164 Å². The van der Waals surface area contributed by atoms with Crippen molar-refractivity contribution in [2.45, 2.75) is 5.41 Å². The highest BCUT2D eigenvalue weighted by molar-refractivity contribution is 6.24. The zero-order valence-electron chi connectivity index (χ0n) is 29.9. The fourth-order valence-electron chi connectivity index (χ4n) is 9.79. The highest BCUT2D eigenvalue weighted by atomic mass is 15.1. The van der Waals surface area contributed by atoms with E-state index in [9.17, 15) is 0 Å². The normalized spacial score (nSPS) is 13.2. The van der Waals surface area contributed by atoms with E-state index in [1.54, 1.807) is 0 Å². The van der Waals surface area contributed by atoms with Crippen LogP contribution >= 0.6 is 0 Å². The van der Waals surface area contributed by atoms with Gasteiger partial charge in [0.05, 0.1) is 33.2 Å². The van der Waals surface area contributed by atoms with Crippen molar-refractivity contribution >= 4 is 54.4 Å². The molecular formula is C52H33N3. The van der Waals surface area contributed by atoms with Gasteiger partial charge < -0.3 is 4.57 Å². The number of benzene rings is 9. The summed E-state index contributed by atoms with van der Waals surface area (Å²) >= 11 is 0.